The molecule has 0 saturated carbocycles. The number of carbonyl (C=O) groups excluding carboxylic acids is 1. The number of rotatable bonds is 3. The molecule has 1 rings (SSSR count). The van der Waals surface area contributed by atoms with Crippen molar-refractivity contribution in [1.82, 2.24) is 0 Å². The molecule has 0 spiro atoms. The number of para-hydroxylation sites is 1. The van der Waals surface area contributed by atoms with Gasteiger partial charge < -0.3 is 5.32 Å². The van der Waals surface area contributed by atoms with Crippen LogP contribution in [-0.4, -0.2) is 10.7 Å². The summed E-state index contributed by atoms with van der Waals surface area (Å²) in [4.78, 5) is 12.1. The highest BCUT2D eigenvalue weighted by molar-refractivity contribution is 8.77. The Kier molecular flexibility index (Phi) is 4.74. The second-order valence-corrected chi connectivity index (χ2v) is 7.45. The first-order chi connectivity index (χ1) is 7.38. The first kappa shape index (κ1) is 13.5. The molecule has 2 nitrogen and oxygen atoms in total. The van der Waals surface area contributed by atoms with Crippen molar-refractivity contribution < 1.29 is 4.79 Å². The first-order valence-corrected chi connectivity index (χ1v) is 7.26. The number of hydrogen-bond acceptors (Lipinski definition) is 3. The van der Waals surface area contributed by atoms with E-state index in [9.17, 15) is 4.79 Å². The molecule has 1 aromatic carbocycles. The van der Waals surface area contributed by atoms with Crippen LogP contribution in [0, 0.1) is 0 Å². The number of amides is 1. The minimum absolute atomic E-state index is 0.0335. The molecular formula is C12H17NOS2. The molecule has 0 bridgehead atoms. The Labute approximate surface area is 105 Å². The molecule has 1 N–H and O–H groups in total. The van der Waals surface area contributed by atoms with Gasteiger partial charge in [-0.05, 0) is 12.1 Å². The number of benzene rings is 1. The van der Waals surface area contributed by atoms with Crippen LogP contribution in [0.2, 0.25) is 0 Å². The lowest BCUT2D eigenvalue weighted by Gasteiger charge is -2.17. The quantitative estimate of drug-likeness (QED) is 0.821. The summed E-state index contributed by atoms with van der Waals surface area (Å²) < 4.78 is 0.202. The summed E-state index contributed by atoms with van der Waals surface area (Å²) in [5, 5.41) is 2.84. The van der Waals surface area contributed by atoms with E-state index in [1.165, 1.54) is 6.92 Å². The van der Waals surface area contributed by atoms with E-state index in [0.29, 0.717) is 0 Å². The van der Waals surface area contributed by atoms with Gasteiger partial charge in [-0.15, -0.1) is 0 Å². The Morgan fingerprint density at radius 2 is 1.88 bits per heavy atom. The second-order valence-electron chi connectivity index (χ2n) is 4.46. The summed E-state index contributed by atoms with van der Waals surface area (Å²) in [5.74, 6) is -0.0335. The molecule has 88 valence electrons. The van der Waals surface area contributed by atoms with Crippen molar-refractivity contribution in [1.29, 1.82) is 0 Å². The van der Waals surface area contributed by atoms with E-state index in [-0.39, 0.29) is 10.7 Å². The second kappa shape index (κ2) is 5.64. The van der Waals surface area contributed by atoms with Crippen LogP contribution in [0.1, 0.15) is 27.7 Å². The van der Waals surface area contributed by atoms with E-state index in [4.69, 9.17) is 0 Å². The van der Waals surface area contributed by atoms with E-state index in [0.717, 1.165) is 10.6 Å². The Balaban J connectivity index is 2.75. The Morgan fingerprint density at radius 1 is 1.25 bits per heavy atom. The summed E-state index contributed by atoms with van der Waals surface area (Å²) in [6.07, 6.45) is 0. The molecule has 0 heterocycles. The van der Waals surface area contributed by atoms with E-state index in [2.05, 4.69) is 26.1 Å². The Morgan fingerprint density at radius 3 is 2.44 bits per heavy atom. The molecular weight excluding hydrogens is 238 g/mol. The van der Waals surface area contributed by atoms with Crippen molar-refractivity contribution in [3.63, 3.8) is 0 Å². The summed E-state index contributed by atoms with van der Waals surface area (Å²) in [6, 6.07) is 7.86. The SMILES string of the molecule is CC(=O)Nc1ccccc1SSC(C)(C)C. The van der Waals surface area contributed by atoms with Gasteiger partial charge in [0.05, 0.1) is 5.69 Å². The average molecular weight is 255 g/mol. The summed E-state index contributed by atoms with van der Waals surface area (Å²) >= 11 is 0. The van der Waals surface area contributed by atoms with Crippen molar-refractivity contribution >= 4 is 33.2 Å². The molecule has 0 unspecified atom stereocenters. The summed E-state index contributed by atoms with van der Waals surface area (Å²) in [6.45, 7) is 8.04. The summed E-state index contributed by atoms with van der Waals surface area (Å²) in [5.41, 5.74) is 0.886. The first-order valence-electron chi connectivity index (χ1n) is 5.11. The topological polar surface area (TPSA) is 29.1 Å². The fraction of sp³-hybridized carbons (Fsp3) is 0.417. The molecule has 0 aliphatic rings. The van der Waals surface area contributed by atoms with Gasteiger partial charge >= 0.3 is 0 Å². The highest BCUT2D eigenvalue weighted by Crippen LogP contribution is 2.43. The van der Waals surface area contributed by atoms with Crippen LogP contribution in [0.15, 0.2) is 29.2 Å². The fourth-order valence-corrected chi connectivity index (χ4v) is 3.14. The minimum Gasteiger partial charge on any atom is -0.325 e. The Hall–Kier alpha value is -0.610. The van der Waals surface area contributed by atoms with Gasteiger partial charge in [0.1, 0.15) is 0 Å². The van der Waals surface area contributed by atoms with E-state index in [1.807, 2.05) is 24.3 Å². The van der Waals surface area contributed by atoms with Gasteiger partial charge in [-0.25, -0.2) is 0 Å². The van der Waals surface area contributed by atoms with Crippen LogP contribution < -0.4 is 5.32 Å². The van der Waals surface area contributed by atoms with Crippen molar-refractivity contribution in [3.8, 4) is 0 Å². The third-order valence-electron chi connectivity index (χ3n) is 1.58. The van der Waals surface area contributed by atoms with E-state index < -0.39 is 0 Å². The Bertz CT molecular complexity index is 372. The zero-order valence-corrected chi connectivity index (χ0v) is 11.7. The molecule has 1 aromatic rings. The smallest absolute Gasteiger partial charge is 0.221 e. The number of anilines is 1. The van der Waals surface area contributed by atoms with Crippen LogP contribution in [-0.2, 0) is 4.79 Å². The van der Waals surface area contributed by atoms with E-state index >= 15 is 0 Å². The predicted octanol–water partition coefficient (Wildman–Crippen LogP) is 4.18. The zero-order chi connectivity index (χ0) is 12.2. The molecule has 0 atom stereocenters. The largest absolute Gasteiger partial charge is 0.325 e. The molecule has 16 heavy (non-hydrogen) atoms. The lowest BCUT2D eigenvalue weighted by atomic mass is 10.3. The molecule has 0 aromatic heterocycles. The van der Waals surface area contributed by atoms with Crippen LogP contribution in [0.3, 0.4) is 0 Å². The molecule has 0 saturated heterocycles. The van der Waals surface area contributed by atoms with Crippen molar-refractivity contribution in [2.24, 2.45) is 0 Å². The van der Waals surface area contributed by atoms with Crippen LogP contribution >= 0.6 is 21.6 Å². The lowest BCUT2D eigenvalue weighted by Crippen LogP contribution is -2.07. The van der Waals surface area contributed by atoms with Gasteiger partial charge in [-0.3, -0.25) is 4.79 Å². The van der Waals surface area contributed by atoms with Crippen molar-refractivity contribution in [3.05, 3.63) is 24.3 Å². The van der Waals surface area contributed by atoms with Gasteiger partial charge in [-0.2, -0.15) is 0 Å². The molecule has 4 heteroatoms. The third kappa shape index (κ3) is 4.94. The van der Waals surface area contributed by atoms with Gasteiger partial charge in [0.25, 0.3) is 0 Å². The minimum atomic E-state index is -0.0335. The van der Waals surface area contributed by atoms with Crippen molar-refractivity contribution in [2.45, 2.75) is 37.3 Å². The van der Waals surface area contributed by atoms with Crippen LogP contribution in [0.25, 0.3) is 0 Å². The average Bonchev–Trinajstić information content (AvgIpc) is 2.14. The van der Waals surface area contributed by atoms with Crippen LogP contribution in [0.4, 0.5) is 5.69 Å². The molecule has 1 amide bonds. The zero-order valence-electron chi connectivity index (χ0n) is 10.0. The number of nitrogens with one attached hydrogen (secondary N) is 1. The van der Waals surface area contributed by atoms with Gasteiger partial charge in [0.2, 0.25) is 5.91 Å². The molecule has 0 aliphatic carbocycles. The van der Waals surface area contributed by atoms with Crippen molar-refractivity contribution in [2.75, 3.05) is 5.32 Å². The van der Waals surface area contributed by atoms with Crippen LogP contribution in [0.5, 0.6) is 0 Å². The van der Waals surface area contributed by atoms with Gasteiger partial charge in [0, 0.05) is 16.6 Å². The highest BCUT2D eigenvalue weighted by Gasteiger charge is 2.13. The third-order valence-corrected chi connectivity index (χ3v) is 4.99. The highest BCUT2D eigenvalue weighted by atomic mass is 33.1. The molecule has 0 aliphatic heterocycles. The number of hydrogen-bond donors (Lipinski definition) is 1. The predicted molar refractivity (Wildman–Crippen MR) is 73.9 cm³/mol. The summed E-state index contributed by atoms with van der Waals surface area (Å²) in [7, 11) is 3.49. The molecule has 0 fully saturated rings. The maximum Gasteiger partial charge on any atom is 0.221 e. The van der Waals surface area contributed by atoms with Gasteiger partial charge in [-0.1, -0.05) is 54.5 Å². The lowest BCUT2D eigenvalue weighted by molar-refractivity contribution is -0.114. The fourth-order valence-electron chi connectivity index (χ4n) is 1.00. The standard InChI is InChI=1S/C12H17NOS2/c1-9(14)13-10-7-5-6-8-11(10)15-16-12(2,3)4/h5-8H,1-4H3,(H,13,14). The van der Waals surface area contributed by atoms with Gasteiger partial charge in [0.15, 0.2) is 0 Å². The van der Waals surface area contributed by atoms with E-state index in [1.54, 1.807) is 21.6 Å². The monoisotopic (exact) mass is 255 g/mol. The molecule has 0 radical (unpaired) electrons. The normalized spacial score (nSPS) is 11.2. The number of carbonyl (C=O) groups is 1. The maximum atomic E-state index is 11.0. The maximum absolute atomic E-state index is 11.0.